The summed E-state index contributed by atoms with van der Waals surface area (Å²) in [5.74, 6) is 0.829. The van der Waals surface area contributed by atoms with E-state index >= 15 is 0 Å². The van der Waals surface area contributed by atoms with Crippen molar-refractivity contribution in [3.63, 3.8) is 0 Å². The van der Waals surface area contributed by atoms with Crippen LogP contribution < -0.4 is 0 Å². The van der Waals surface area contributed by atoms with Crippen LogP contribution in [0.3, 0.4) is 0 Å². The first-order valence-electron chi connectivity index (χ1n) is 8.50. The number of nitrogens with zero attached hydrogens (tertiary/aromatic N) is 2. The fourth-order valence-corrected chi connectivity index (χ4v) is 4.93. The third-order valence-electron chi connectivity index (χ3n) is 5.48. The normalized spacial score (nSPS) is 25.3. The van der Waals surface area contributed by atoms with Crippen LogP contribution in [-0.4, -0.2) is 40.0 Å². The number of carboxylic acids is 1. The fourth-order valence-electron chi connectivity index (χ4n) is 4.15. The lowest BCUT2D eigenvalue weighted by Crippen LogP contribution is -2.37. The van der Waals surface area contributed by atoms with E-state index in [9.17, 15) is 14.7 Å². The van der Waals surface area contributed by atoms with Gasteiger partial charge in [0.1, 0.15) is 5.76 Å². The number of likely N-dealkylation sites (tertiary alicyclic amines) is 1. The van der Waals surface area contributed by atoms with Gasteiger partial charge in [0.05, 0.1) is 17.5 Å². The van der Waals surface area contributed by atoms with Crippen molar-refractivity contribution < 1.29 is 19.1 Å². The molecule has 2 aromatic rings. The van der Waals surface area contributed by atoms with Crippen LogP contribution in [0.15, 0.2) is 21.9 Å². The standard InChI is InChI=1S/C18H20N2O4S/c1-11-4-5-14(24-11)16-19-13(9-25-16)7-15(21)20-8-12-3-2-6-18(12,10-20)17(22)23/h4-5,9,12H,2-3,6-8,10H2,1H3,(H,22,23)/t12-,18+/m0/s1. The molecule has 132 valence electrons. The molecule has 1 aliphatic heterocycles. The summed E-state index contributed by atoms with van der Waals surface area (Å²) in [6.07, 6.45) is 2.72. The van der Waals surface area contributed by atoms with Crippen LogP contribution in [0.5, 0.6) is 0 Å². The van der Waals surface area contributed by atoms with Crippen molar-refractivity contribution in [2.45, 2.75) is 32.6 Å². The molecule has 2 aromatic heterocycles. The van der Waals surface area contributed by atoms with Crippen LogP contribution in [0, 0.1) is 18.3 Å². The number of carbonyl (C=O) groups excluding carboxylic acids is 1. The van der Waals surface area contributed by atoms with Gasteiger partial charge in [-0.15, -0.1) is 11.3 Å². The lowest BCUT2D eigenvalue weighted by atomic mass is 9.81. The minimum atomic E-state index is -0.755. The molecule has 0 unspecified atom stereocenters. The predicted octanol–water partition coefficient (Wildman–Crippen LogP) is 2.97. The topological polar surface area (TPSA) is 83.6 Å². The first-order valence-corrected chi connectivity index (χ1v) is 9.38. The number of fused-ring (bicyclic) bond motifs is 1. The van der Waals surface area contributed by atoms with E-state index in [4.69, 9.17) is 4.42 Å². The Kier molecular flexibility index (Phi) is 3.91. The smallest absolute Gasteiger partial charge is 0.311 e. The summed E-state index contributed by atoms with van der Waals surface area (Å²) in [5, 5.41) is 12.3. The number of aliphatic carboxylic acids is 1. The highest BCUT2D eigenvalue weighted by Gasteiger charge is 2.55. The molecule has 1 saturated heterocycles. The van der Waals surface area contributed by atoms with Gasteiger partial charge in [0, 0.05) is 18.5 Å². The molecule has 1 aliphatic carbocycles. The van der Waals surface area contributed by atoms with Gasteiger partial charge in [0.25, 0.3) is 0 Å². The summed E-state index contributed by atoms with van der Waals surface area (Å²) in [7, 11) is 0. The SMILES string of the molecule is Cc1ccc(-c2nc(CC(=O)N3C[C@@H]4CCC[C@@]4(C(=O)O)C3)cs2)o1. The molecular formula is C18H20N2O4S. The highest BCUT2D eigenvalue weighted by atomic mass is 32.1. The zero-order valence-corrected chi connectivity index (χ0v) is 14.8. The number of hydrogen-bond donors (Lipinski definition) is 1. The van der Waals surface area contributed by atoms with E-state index in [2.05, 4.69) is 4.98 Å². The molecule has 25 heavy (non-hydrogen) atoms. The van der Waals surface area contributed by atoms with Gasteiger partial charge in [-0.3, -0.25) is 9.59 Å². The van der Waals surface area contributed by atoms with Crippen molar-refractivity contribution >= 4 is 23.2 Å². The van der Waals surface area contributed by atoms with E-state index < -0.39 is 11.4 Å². The molecule has 2 fully saturated rings. The number of carbonyl (C=O) groups is 2. The Labute approximate surface area is 149 Å². The fraction of sp³-hybridized carbons (Fsp3) is 0.500. The minimum Gasteiger partial charge on any atom is -0.481 e. The number of amides is 1. The van der Waals surface area contributed by atoms with E-state index in [1.165, 1.54) is 11.3 Å². The van der Waals surface area contributed by atoms with Gasteiger partial charge in [0.2, 0.25) is 5.91 Å². The van der Waals surface area contributed by atoms with Gasteiger partial charge in [-0.05, 0) is 37.8 Å². The summed E-state index contributed by atoms with van der Waals surface area (Å²) in [5.41, 5.74) is -0.0188. The molecule has 6 nitrogen and oxygen atoms in total. The largest absolute Gasteiger partial charge is 0.481 e. The van der Waals surface area contributed by atoms with E-state index in [0.717, 1.165) is 23.6 Å². The van der Waals surface area contributed by atoms with E-state index in [1.54, 1.807) is 4.90 Å². The molecule has 0 spiro atoms. The van der Waals surface area contributed by atoms with Crippen molar-refractivity contribution in [2.75, 3.05) is 13.1 Å². The van der Waals surface area contributed by atoms with Crippen molar-refractivity contribution in [1.82, 2.24) is 9.88 Å². The summed E-state index contributed by atoms with van der Waals surface area (Å²) in [6.45, 7) is 2.77. The number of rotatable bonds is 4. The second-order valence-electron chi connectivity index (χ2n) is 7.06. The summed E-state index contributed by atoms with van der Waals surface area (Å²) >= 11 is 1.45. The molecule has 0 aromatic carbocycles. The first-order chi connectivity index (χ1) is 12.0. The van der Waals surface area contributed by atoms with Gasteiger partial charge in [-0.1, -0.05) is 6.42 Å². The third kappa shape index (κ3) is 2.76. The zero-order valence-electron chi connectivity index (χ0n) is 14.0. The van der Waals surface area contributed by atoms with Crippen LogP contribution in [0.2, 0.25) is 0 Å². The van der Waals surface area contributed by atoms with Crippen LogP contribution in [0.25, 0.3) is 10.8 Å². The maximum atomic E-state index is 12.6. The molecule has 7 heteroatoms. The first kappa shape index (κ1) is 16.3. The van der Waals surface area contributed by atoms with Crippen molar-refractivity contribution in [3.8, 4) is 10.8 Å². The van der Waals surface area contributed by atoms with Gasteiger partial charge < -0.3 is 14.4 Å². The highest BCUT2D eigenvalue weighted by molar-refractivity contribution is 7.13. The van der Waals surface area contributed by atoms with Gasteiger partial charge >= 0.3 is 5.97 Å². The lowest BCUT2D eigenvalue weighted by molar-refractivity contribution is -0.149. The van der Waals surface area contributed by atoms with E-state index in [1.807, 2.05) is 24.4 Å². The molecule has 1 N–H and O–H groups in total. The Hall–Kier alpha value is -2.15. The van der Waals surface area contributed by atoms with Crippen molar-refractivity contribution in [3.05, 3.63) is 29.0 Å². The van der Waals surface area contributed by atoms with Gasteiger partial charge in [0.15, 0.2) is 10.8 Å². The number of hydrogen-bond acceptors (Lipinski definition) is 5. The third-order valence-corrected chi connectivity index (χ3v) is 6.39. The monoisotopic (exact) mass is 360 g/mol. The molecule has 2 atom stereocenters. The van der Waals surface area contributed by atoms with Crippen molar-refractivity contribution in [2.24, 2.45) is 11.3 Å². The lowest BCUT2D eigenvalue weighted by Gasteiger charge is -2.23. The van der Waals surface area contributed by atoms with Gasteiger partial charge in [-0.2, -0.15) is 0 Å². The van der Waals surface area contributed by atoms with Crippen LogP contribution in [0.4, 0.5) is 0 Å². The second kappa shape index (κ2) is 5.98. The maximum absolute atomic E-state index is 12.6. The number of thiazole rings is 1. The number of furan rings is 1. The molecule has 0 bridgehead atoms. The van der Waals surface area contributed by atoms with E-state index in [0.29, 0.717) is 31.0 Å². The second-order valence-corrected chi connectivity index (χ2v) is 7.91. The van der Waals surface area contributed by atoms with E-state index in [-0.39, 0.29) is 18.2 Å². The number of carboxylic acid groups (broad SMARTS) is 1. The average molecular weight is 360 g/mol. The van der Waals surface area contributed by atoms with Crippen molar-refractivity contribution in [1.29, 1.82) is 0 Å². The molecule has 4 rings (SSSR count). The van der Waals surface area contributed by atoms with Crippen LogP contribution >= 0.6 is 11.3 Å². The van der Waals surface area contributed by atoms with Crippen LogP contribution in [-0.2, 0) is 16.0 Å². The molecule has 1 amide bonds. The maximum Gasteiger partial charge on any atom is 0.311 e. The minimum absolute atomic E-state index is 0.0394. The molecular weight excluding hydrogens is 340 g/mol. The summed E-state index contributed by atoms with van der Waals surface area (Å²) in [6, 6.07) is 3.76. The predicted molar refractivity (Wildman–Crippen MR) is 92.2 cm³/mol. The molecule has 1 saturated carbocycles. The Morgan fingerprint density at radius 2 is 2.32 bits per heavy atom. The Morgan fingerprint density at radius 1 is 1.48 bits per heavy atom. The zero-order chi connectivity index (χ0) is 17.6. The molecule has 2 aliphatic rings. The number of aryl methyl sites for hydroxylation is 1. The molecule has 3 heterocycles. The van der Waals surface area contributed by atoms with Crippen LogP contribution in [0.1, 0.15) is 30.7 Å². The Bertz CT molecular complexity index is 827. The Balaban J connectivity index is 1.45. The molecule has 0 radical (unpaired) electrons. The summed E-state index contributed by atoms with van der Waals surface area (Å²) in [4.78, 5) is 30.6. The Morgan fingerprint density at radius 3 is 3.00 bits per heavy atom. The number of aromatic nitrogens is 1. The summed E-state index contributed by atoms with van der Waals surface area (Å²) < 4.78 is 5.56. The highest BCUT2D eigenvalue weighted by Crippen LogP contribution is 2.49. The quantitative estimate of drug-likeness (QED) is 0.906. The average Bonchev–Trinajstić information content (AvgIpc) is 3.28. The van der Waals surface area contributed by atoms with Gasteiger partial charge in [-0.25, -0.2) is 4.98 Å².